The van der Waals surface area contributed by atoms with Crippen LogP contribution in [0.15, 0.2) is 4.99 Å². The summed E-state index contributed by atoms with van der Waals surface area (Å²) < 4.78 is 1.92. The number of rotatable bonds is 8. The summed E-state index contributed by atoms with van der Waals surface area (Å²) in [5.74, 6) is 3.53. The van der Waals surface area contributed by atoms with Crippen molar-refractivity contribution in [3.63, 3.8) is 0 Å². The molecular formula is C16H29N7OS. The molecule has 1 saturated heterocycles. The fourth-order valence-corrected chi connectivity index (χ4v) is 3.01. The number of aryl methyl sites for hydroxylation is 1. The van der Waals surface area contributed by atoms with Gasteiger partial charge in [-0.3, -0.25) is 4.79 Å². The van der Waals surface area contributed by atoms with Crippen molar-refractivity contribution in [2.24, 2.45) is 12.0 Å². The first-order valence-electron chi connectivity index (χ1n) is 8.75. The zero-order valence-corrected chi connectivity index (χ0v) is 16.2. The maximum absolute atomic E-state index is 12.2. The Kier molecular flexibility index (Phi) is 8.03. The molecule has 2 heterocycles. The lowest BCUT2D eigenvalue weighted by molar-refractivity contribution is -0.128. The highest BCUT2D eigenvalue weighted by Crippen LogP contribution is 2.06. The van der Waals surface area contributed by atoms with Gasteiger partial charge < -0.3 is 20.1 Å². The van der Waals surface area contributed by atoms with E-state index in [4.69, 9.17) is 0 Å². The number of carbonyl (C=O) groups is 1. The van der Waals surface area contributed by atoms with E-state index in [0.29, 0.717) is 12.5 Å². The summed E-state index contributed by atoms with van der Waals surface area (Å²) in [6.45, 7) is 5.16. The van der Waals surface area contributed by atoms with Crippen LogP contribution >= 0.6 is 11.8 Å². The SMILES string of the molecule is CSCCCNC(=NCc1nnc(C)n1C)NCC(=O)N1CCCC1. The van der Waals surface area contributed by atoms with Crippen LogP contribution < -0.4 is 10.6 Å². The molecule has 1 aliphatic rings. The molecule has 0 saturated carbocycles. The molecule has 1 aromatic rings. The summed E-state index contributed by atoms with van der Waals surface area (Å²) in [6.07, 6.45) is 5.35. The Morgan fingerprint density at radius 1 is 1.28 bits per heavy atom. The molecule has 0 aromatic carbocycles. The van der Waals surface area contributed by atoms with Crippen molar-refractivity contribution in [3.05, 3.63) is 11.6 Å². The van der Waals surface area contributed by atoms with E-state index in [1.165, 1.54) is 0 Å². The summed E-state index contributed by atoms with van der Waals surface area (Å²) in [5, 5.41) is 14.6. The van der Waals surface area contributed by atoms with Crippen LogP contribution in [0.25, 0.3) is 0 Å². The highest BCUT2D eigenvalue weighted by molar-refractivity contribution is 7.98. The number of thioether (sulfide) groups is 1. The van der Waals surface area contributed by atoms with E-state index in [1.54, 1.807) is 0 Å². The summed E-state index contributed by atoms with van der Waals surface area (Å²) in [6, 6.07) is 0. The van der Waals surface area contributed by atoms with Crippen molar-refractivity contribution < 1.29 is 4.79 Å². The van der Waals surface area contributed by atoms with E-state index >= 15 is 0 Å². The predicted octanol–water partition coefficient (Wildman–Crippen LogP) is 0.534. The molecule has 1 amide bonds. The number of hydrogen-bond donors (Lipinski definition) is 2. The number of nitrogens with one attached hydrogen (secondary N) is 2. The van der Waals surface area contributed by atoms with Crippen LogP contribution in [0.2, 0.25) is 0 Å². The average molecular weight is 368 g/mol. The van der Waals surface area contributed by atoms with E-state index in [2.05, 4.69) is 32.1 Å². The van der Waals surface area contributed by atoms with Crippen LogP contribution in [0.5, 0.6) is 0 Å². The Labute approximate surface area is 153 Å². The van der Waals surface area contributed by atoms with Gasteiger partial charge in [-0.2, -0.15) is 11.8 Å². The number of carbonyl (C=O) groups excluding carboxylic acids is 1. The number of amides is 1. The monoisotopic (exact) mass is 367 g/mol. The molecular weight excluding hydrogens is 338 g/mol. The first-order valence-corrected chi connectivity index (χ1v) is 10.1. The third-order valence-corrected chi connectivity index (χ3v) is 4.94. The maximum Gasteiger partial charge on any atom is 0.241 e. The zero-order valence-electron chi connectivity index (χ0n) is 15.4. The number of guanidine groups is 1. The Morgan fingerprint density at radius 3 is 2.68 bits per heavy atom. The third-order valence-electron chi connectivity index (χ3n) is 4.24. The van der Waals surface area contributed by atoms with Gasteiger partial charge in [-0.1, -0.05) is 0 Å². The molecule has 0 atom stereocenters. The van der Waals surface area contributed by atoms with Crippen LogP contribution in [0, 0.1) is 6.92 Å². The fourth-order valence-electron chi connectivity index (χ4n) is 2.57. The topological polar surface area (TPSA) is 87.4 Å². The quantitative estimate of drug-likeness (QED) is 0.396. The van der Waals surface area contributed by atoms with Crippen LogP contribution in [-0.2, 0) is 18.4 Å². The molecule has 140 valence electrons. The second-order valence-corrected chi connectivity index (χ2v) is 7.09. The fraction of sp³-hybridized carbons (Fsp3) is 0.750. The van der Waals surface area contributed by atoms with Crippen LogP contribution in [0.1, 0.15) is 30.9 Å². The molecule has 1 aliphatic heterocycles. The van der Waals surface area contributed by atoms with Gasteiger partial charge in [0.25, 0.3) is 0 Å². The molecule has 2 N–H and O–H groups in total. The van der Waals surface area contributed by atoms with Crippen molar-refractivity contribution >= 4 is 23.6 Å². The molecule has 25 heavy (non-hydrogen) atoms. The molecule has 0 spiro atoms. The Balaban J connectivity index is 1.90. The van der Waals surface area contributed by atoms with Gasteiger partial charge in [-0.15, -0.1) is 10.2 Å². The summed E-state index contributed by atoms with van der Waals surface area (Å²) in [7, 11) is 1.93. The van der Waals surface area contributed by atoms with E-state index in [9.17, 15) is 4.79 Å². The highest BCUT2D eigenvalue weighted by Gasteiger charge is 2.17. The highest BCUT2D eigenvalue weighted by atomic mass is 32.2. The largest absolute Gasteiger partial charge is 0.356 e. The minimum Gasteiger partial charge on any atom is -0.356 e. The Bertz CT molecular complexity index is 581. The standard InChI is InChI=1S/C16H29N7OS/c1-13-20-21-14(22(13)2)11-18-16(17-7-6-10-25-3)19-12-15(24)23-8-4-5-9-23/h4-12H2,1-3H3,(H2,17,18,19). The maximum atomic E-state index is 12.2. The van der Waals surface area contributed by atoms with Gasteiger partial charge >= 0.3 is 0 Å². The second kappa shape index (κ2) is 10.3. The van der Waals surface area contributed by atoms with Crippen LogP contribution in [-0.4, -0.2) is 69.7 Å². The van der Waals surface area contributed by atoms with Gasteiger partial charge in [-0.05, 0) is 38.2 Å². The van der Waals surface area contributed by atoms with Gasteiger partial charge in [0.2, 0.25) is 5.91 Å². The van der Waals surface area contributed by atoms with Crippen molar-refractivity contribution in [1.29, 1.82) is 0 Å². The third kappa shape index (κ3) is 6.22. The zero-order chi connectivity index (χ0) is 18.1. The molecule has 0 unspecified atom stereocenters. The normalized spacial score (nSPS) is 14.8. The number of likely N-dealkylation sites (tertiary alicyclic amines) is 1. The van der Waals surface area contributed by atoms with Crippen LogP contribution in [0.3, 0.4) is 0 Å². The van der Waals surface area contributed by atoms with Crippen LogP contribution in [0.4, 0.5) is 0 Å². The number of aromatic nitrogens is 3. The van der Waals surface area contributed by atoms with E-state index in [1.807, 2.05) is 35.2 Å². The van der Waals surface area contributed by atoms with Gasteiger partial charge in [0.15, 0.2) is 11.8 Å². The second-order valence-electron chi connectivity index (χ2n) is 6.10. The lowest BCUT2D eigenvalue weighted by Crippen LogP contribution is -2.44. The molecule has 0 bridgehead atoms. The summed E-state index contributed by atoms with van der Waals surface area (Å²) in [5.41, 5.74) is 0. The molecule has 9 heteroatoms. The van der Waals surface area contributed by atoms with Crippen molar-refractivity contribution in [1.82, 2.24) is 30.3 Å². The predicted molar refractivity (Wildman–Crippen MR) is 102 cm³/mol. The molecule has 2 rings (SSSR count). The minimum atomic E-state index is 0.130. The smallest absolute Gasteiger partial charge is 0.241 e. The van der Waals surface area contributed by atoms with Gasteiger partial charge in [0, 0.05) is 26.7 Å². The van der Waals surface area contributed by atoms with Gasteiger partial charge in [0.1, 0.15) is 12.4 Å². The minimum absolute atomic E-state index is 0.130. The number of nitrogens with zero attached hydrogens (tertiary/aromatic N) is 5. The Hall–Kier alpha value is -1.77. The van der Waals surface area contributed by atoms with Gasteiger partial charge in [0.05, 0.1) is 6.54 Å². The average Bonchev–Trinajstić information content (AvgIpc) is 3.25. The van der Waals surface area contributed by atoms with Crippen molar-refractivity contribution in [2.45, 2.75) is 32.7 Å². The lowest BCUT2D eigenvalue weighted by atomic mass is 10.4. The van der Waals surface area contributed by atoms with Crippen molar-refractivity contribution in [3.8, 4) is 0 Å². The lowest BCUT2D eigenvalue weighted by Gasteiger charge is -2.17. The van der Waals surface area contributed by atoms with E-state index in [0.717, 1.165) is 56.3 Å². The Morgan fingerprint density at radius 2 is 2.04 bits per heavy atom. The molecule has 0 radical (unpaired) electrons. The van der Waals surface area contributed by atoms with E-state index < -0.39 is 0 Å². The molecule has 1 fully saturated rings. The molecule has 1 aromatic heterocycles. The summed E-state index contributed by atoms with van der Waals surface area (Å²) in [4.78, 5) is 18.7. The number of hydrogen-bond acceptors (Lipinski definition) is 5. The molecule has 8 nitrogen and oxygen atoms in total. The first kappa shape index (κ1) is 19.6. The van der Waals surface area contributed by atoms with E-state index in [-0.39, 0.29) is 12.5 Å². The number of aliphatic imine (C=N–C) groups is 1. The summed E-state index contributed by atoms with van der Waals surface area (Å²) >= 11 is 1.82. The van der Waals surface area contributed by atoms with Crippen molar-refractivity contribution in [2.75, 3.05) is 38.2 Å². The van der Waals surface area contributed by atoms with Gasteiger partial charge in [-0.25, -0.2) is 4.99 Å². The first-order chi connectivity index (χ1) is 12.1. The molecule has 0 aliphatic carbocycles.